The van der Waals surface area contributed by atoms with Crippen molar-refractivity contribution in [3.05, 3.63) is 42.0 Å². The molecular formula is C17H25N7O. The van der Waals surface area contributed by atoms with Crippen LogP contribution in [0.2, 0.25) is 0 Å². The molecular weight excluding hydrogens is 318 g/mol. The molecule has 1 aliphatic rings. The lowest BCUT2D eigenvalue weighted by Crippen LogP contribution is -2.46. The Balaban J connectivity index is 1.80. The molecule has 1 amide bonds. The highest BCUT2D eigenvalue weighted by atomic mass is 16.2. The zero-order chi connectivity index (χ0) is 17.6. The predicted octanol–water partition coefficient (Wildman–Crippen LogP) is 0.368. The molecule has 0 unspecified atom stereocenters. The van der Waals surface area contributed by atoms with E-state index in [1.807, 2.05) is 17.0 Å². The smallest absolute Gasteiger partial charge is 0.276 e. The summed E-state index contributed by atoms with van der Waals surface area (Å²) >= 11 is 0. The summed E-state index contributed by atoms with van der Waals surface area (Å²) < 4.78 is 1.62. The van der Waals surface area contributed by atoms with Crippen LogP contribution in [0.3, 0.4) is 0 Å². The molecule has 3 heterocycles. The standard InChI is InChI=1S/C17H25N7O/c1-22-9-4-15(5-10-22)24(12-14-2-7-19-8-3-14)17(25)16-13-23(11-6-18)21-20-16/h2-3,7-8,13,15H,4-6,9-12,18H2,1H3. The number of likely N-dealkylation sites (tertiary alicyclic amines) is 1. The van der Waals surface area contributed by atoms with Crippen molar-refractivity contribution in [1.29, 1.82) is 0 Å². The van der Waals surface area contributed by atoms with Crippen molar-refractivity contribution in [3.63, 3.8) is 0 Å². The summed E-state index contributed by atoms with van der Waals surface area (Å²) in [5.41, 5.74) is 6.99. The van der Waals surface area contributed by atoms with E-state index in [4.69, 9.17) is 5.73 Å². The van der Waals surface area contributed by atoms with Gasteiger partial charge in [0.25, 0.3) is 5.91 Å². The minimum Gasteiger partial charge on any atom is -0.330 e. The maximum atomic E-state index is 13.1. The summed E-state index contributed by atoms with van der Waals surface area (Å²) in [6, 6.07) is 4.10. The zero-order valence-electron chi connectivity index (χ0n) is 14.6. The van der Waals surface area contributed by atoms with E-state index >= 15 is 0 Å². The van der Waals surface area contributed by atoms with Gasteiger partial charge in [-0.1, -0.05) is 5.21 Å². The minimum atomic E-state index is -0.0744. The lowest BCUT2D eigenvalue weighted by molar-refractivity contribution is 0.0563. The second kappa shape index (κ2) is 8.17. The quantitative estimate of drug-likeness (QED) is 0.814. The molecule has 2 aromatic heterocycles. The molecule has 0 aromatic carbocycles. The van der Waals surface area contributed by atoms with Gasteiger partial charge in [-0.15, -0.1) is 5.10 Å². The largest absolute Gasteiger partial charge is 0.330 e. The fourth-order valence-corrected chi connectivity index (χ4v) is 3.14. The molecule has 1 fully saturated rings. The number of nitrogens with zero attached hydrogens (tertiary/aromatic N) is 6. The van der Waals surface area contributed by atoms with Crippen LogP contribution < -0.4 is 5.73 Å². The normalized spacial score (nSPS) is 16.1. The second-order valence-electron chi connectivity index (χ2n) is 6.48. The van der Waals surface area contributed by atoms with Crippen molar-refractivity contribution in [1.82, 2.24) is 29.8 Å². The minimum absolute atomic E-state index is 0.0744. The molecule has 0 atom stereocenters. The van der Waals surface area contributed by atoms with Gasteiger partial charge < -0.3 is 15.5 Å². The number of amides is 1. The number of rotatable bonds is 6. The number of nitrogens with two attached hydrogens (primary N) is 1. The van der Waals surface area contributed by atoms with Gasteiger partial charge in [-0.2, -0.15) is 0 Å². The van der Waals surface area contributed by atoms with Crippen molar-refractivity contribution in [2.24, 2.45) is 5.73 Å². The van der Waals surface area contributed by atoms with Crippen molar-refractivity contribution in [2.75, 3.05) is 26.7 Å². The fraction of sp³-hybridized carbons (Fsp3) is 0.529. The van der Waals surface area contributed by atoms with Crippen LogP contribution in [0.4, 0.5) is 0 Å². The van der Waals surface area contributed by atoms with Gasteiger partial charge in [0, 0.05) is 31.5 Å². The van der Waals surface area contributed by atoms with Crippen LogP contribution in [0.1, 0.15) is 28.9 Å². The first-order chi connectivity index (χ1) is 12.2. The monoisotopic (exact) mass is 343 g/mol. The Labute approximate surface area is 147 Å². The second-order valence-corrected chi connectivity index (χ2v) is 6.48. The maximum absolute atomic E-state index is 13.1. The van der Waals surface area contributed by atoms with Crippen LogP contribution in [0, 0.1) is 0 Å². The van der Waals surface area contributed by atoms with Crippen molar-refractivity contribution >= 4 is 5.91 Å². The van der Waals surface area contributed by atoms with Gasteiger partial charge in [0.05, 0.1) is 12.7 Å². The molecule has 134 valence electrons. The molecule has 0 aliphatic carbocycles. The Morgan fingerprint density at radius 1 is 1.32 bits per heavy atom. The van der Waals surface area contributed by atoms with Crippen molar-refractivity contribution in [3.8, 4) is 0 Å². The topological polar surface area (TPSA) is 93.2 Å². The molecule has 3 rings (SSSR count). The Bertz CT molecular complexity index is 679. The first-order valence-electron chi connectivity index (χ1n) is 8.66. The Morgan fingerprint density at radius 3 is 2.72 bits per heavy atom. The molecule has 25 heavy (non-hydrogen) atoms. The van der Waals surface area contributed by atoms with E-state index < -0.39 is 0 Å². The van der Waals surface area contributed by atoms with Gasteiger partial charge >= 0.3 is 0 Å². The SMILES string of the molecule is CN1CCC(N(Cc2ccncc2)C(=O)c2cn(CCN)nn2)CC1. The third-order valence-electron chi connectivity index (χ3n) is 4.61. The van der Waals surface area contributed by atoms with Gasteiger partial charge in [-0.25, -0.2) is 0 Å². The number of aromatic nitrogens is 4. The molecule has 2 aromatic rings. The summed E-state index contributed by atoms with van der Waals surface area (Å²) in [5.74, 6) is -0.0744. The van der Waals surface area contributed by atoms with E-state index in [1.165, 1.54) is 0 Å². The van der Waals surface area contributed by atoms with E-state index in [-0.39, 0.29) is 11.9 Å². The van der Waals surface area contributed by atoms with E-state index in [0.29, 0.717) is 25.3 Å². The molecule has 8 heteroatoms. The fourth-order valence-electron chi connectivity index (χ4n) is 3.14. The number of piperidine rings is 1. The number of carbonyl (C=O) groups is 1. The first-order valence-corrected chi connectivity index (χ1v) is 8.66. The van der Waals surface area contributed by atoms with E-state index in [0.717, 1.165) is 31.5 Å². The molecule has 0 spiro atoms. The number of pyridine rings is 1. The lowest BCUT2D eigenvalue weighted by Gasteiger charge is -2.37. The average molecular weight is 343 g/mol. The zero-order valence-corrected chi connectivity index (χ0v) is 14.6. The summed E-state index contributed by atoms with van der Waals surface area (Å²) in [5, 5.41) is 8.05. The number of hydrogen-bond acceptors (Lipinski definition) is 6. The molecule has 0 bridgehead atoms. The summed E-state index contributed by atoms with van der Waals surface area (Å²) in [7, 11) is 2.11. The summed E-state index contributed by atoms with van der Waals surface area (Å²) in [6.07, 6.45) is 7.12. The highest BCUT2D eigenvalue weighted by Gasteiger charge is 2.29. The lowest BCUT2D eigenvalue weighted by atomic mass is 10.0. The molecule has 0 radical (unpaired) electrons. The van der Waals surface area contributed by atoms with Gasteiger partial charge in [0.2, 0.25) is 0 Å². The van der Waals surface area contributed by atoms with E-state index in [1.54, 1.807) is 23.3 Å². The van der Waals surface area contributed by atoms with Gasteiger partial charge in [-0.3, -0.25) is 14.5 Å². The molecule has 2 N–H and O–H groups in total. The van der Waals surface area contributed by atoms with Crippen LogP contribution in [0.15, 0.2) is 30.7 Å². The van der Waals surface area contributed by atoms with Crippen LogP contribution in [-0.2, 0) is 13.1 Å². The summed E-state index contributed by atoms with van der Waals surface area (Å²) in [4.78, 5) is 21.4. The van der Waals surface area contributed by atoms with Crippen LogP contribution in [-0.4, -0.2) is 68.4 Å². The first kappa shape index (κ1) is 17.5. The summed E-state index contributed by atoms with van der Waals surface area (Å²) in [6.45, 7) is 3.56. The molecule has 1 aliphatic heterocycles. The van der Waals surface area contributed by atoms with Crippen LogP contribution in [0.5, 0.6) is 0 Å². The highest BCUT2D eigenvalue weighted by Crippen LogP contribution is 2.20. The van der Waals surface area contributed by atoms with Crippen molar-refractivity contribution < 1.29 is 4.79 Å². The number of carbonyl (C=O) groups excluding carboxylic acids is 1. The third kappa shape index (κ3) is 4.40. The Kier molecular flexibility index (Phi) is 5.72. The number of hydrogen-bond donors (Lipinski definition) is 1. The molecule has 1 saturated heterocycles. The van der Waals surface area contributed by atoms with E-state index in [2.05, 4.69) is 27.2 Å². The third-order valence-corrected chi connectivity index (χ3v) is 4.61. The van der Waals surface area contributed by atoms with Crippen LogP contribution in [0.25, 0.3) is 0 Å². The Morgan fingerprint density at radius 2 is 2.04 bits per heavy atom. The molecule has 8 nitrogen and oxygen atoms in total. The highest BCUT2D eigenvalue weighted by molar-refractivity contribution is 5.92. The van der Waals surface area contributed by atoms with Gasteiger partial charge in [0.15, 0.2) is 5.69 Å². The maximum Gasteiger partial charge on any atom is 0.276 e. The van der Waals surface area contributed by atoms with Crippen molar-refractivity contribution in [2.45, 2.75) is 32.0 Å². The molecule has 0 saturated carbocycles. The Hall–Kier alpha value is -2.32. The average Bonchev–Trinajstić information content (AvgIpc) is 3.10. The van der Waals surface area contributed by atoms with Gasteiger partial charge in [-0.05, 0) is 50.7 Å². The van der Waals surface area contributed by atoms with Gasteiger partial charge in [0.1, 0.15) is 0 Å². The van der Waals surface area contributed by atoms with E-state index in [9.17, 15) is 4.79 Å². The van der Waals surface area contributed by atoms with Crippen LogP contribution >= 0.6 is 0 Å². The predicted molar refractivity (Wildman–Crippen MR) is 93.7 cm³/mol.